The van der Waals surface area contributed by atoms with Crippen LogP contribution < -0.4 is 0 Å². The zero-order chi connectivity index (χ0) is 22.0. The van der Waals surface area contributed by atoms with E-state index in [4.69, 9.17) is 19.3 Å². The van der Waals surface area contributed by atoms with Crippen LogP contribution in [0.5, 0.6) is 0 Å². The van der Waals surface area contributed by atoms with Crippen molar-refractivity contribution in [1.29, 1.82) is 0 Å². The van der Waals surface area contributed by atoms with Gasteiger partial charge in [0.1, 0.15) is 6.29 Å². The Kier molecular flexibility index (Phi) is 15.5. The summed E-state index contributed by atoms with van der Waals surface area (Å²) in [5.41, 5.74) is 3.33. The fourth-order valence-electron chi connectivity index (χ4n) is 3.29. The van der Waals surface area contributed by atoms with Gasteiger partial charge in [0.15, 0.2) is 12.6 Å². The van der Waals surface area contributed by atoms with E-state index in [-0.39, 0.29) is 19.2 Å². The van der Waals surface area contributed by atoms with Crippen molar-refractivity contribution in [3.8, 4) is 0 Å². The Hall–Kier alpha value is -1.27. The van der Waals surface area contributed by atoms with Crippen LogP contribution in [-0.2, 0) is 19.0 Å². The third-order valence-electron chi connectivity index (χ3n) is 5.10. The molecular weight excluding hydrogens is 380 g/mol. The Morgan fingerprint density at radius 2 is 1.50 bits per heavy atom. The Bertz CT molecular complexity index is 518. The molecule has 0 amide bonds. The number of rotatable bonds is 10. The van der Waals surface area contributed by atoms with Crippen molar-refractivity contribution in [3.63, 3.8) is 0 Å². The lowest BCUT2D eigenvalue weighted by molar-refractivity contribution is -0.264. The van der Waals surface area contributed by atoms with Crippen LogP contribution in [0.2, 0.25) is 0 Å². The summed E-state index contributed by atoms with van der Waals surface area (Å²) < 4.78 is 16.6. The maximum absolute atomic E-state index is 10.8. The van der Waals surface area contributed by atoms with Gasteiger partial charge >= 0.3 is 0 Å². The molecule has 172 valence electrons. The van der Waals surface area contributed by atoms with Crippen LogP contribution in [-0.4, -0.2) is 43.8 Å². The van der Waals surface area contributed by atoms with E-state index in [2.05, 4.69) is 19.9 Å². The molecule has 5 nitrogen and oxygen atoms in total. The predicted octanol–water partition coefficient (Wildman–Crippen LogP) is 5.63. The third kappa shape index (κ3) is 13.9. The molecule has 0 aromatic carbocycles. The maximum Gasteiger partial charge on any atom is 0.160 e. The third-order valence-corrected chi connectivity index (χ3v) is 5.10. The highest BCUT2D eigenvalue weighted by atomic mass is 16.8. The number of hydrogen-bond acceptors (Lipinski definition) is 5. The number of aliphatic hydroxyl groups is 1. The quantitative estimate of drug-likeness (QED) is 0.281. The Morgan fingerprint density at radius 3 is 1.97 bits per heavy atom. The topological polar surface area (TPSA) is 65.0 Å². The average Bonchev–Trinajstić information content (AvgIpc) is 2.74. The Balaban J connectivity index is 0.000000308. The second-order valence-electron chi connectivity index (χ2n) is 8.22. The van der Waals surface area contributed by atoms with E-state index in [1.54, 1.807) is 6.08 Å². The number of aliphatic hydroxyl groups excluding tert-OH is 1. The highest BCUT2D eigenvalue weighted by Gasteiger charge is 2.21. The summed E-state index contributed by atoms with van der Waals surface area (Å²) in [7, 11) is 0. The van der Waals surface area contributed by atoms with Crippen molar-refractivity contribution in [2.45, 2.75) is 97.6 Å². The number of carbonyl (C=O) groups is 1. The molecule has 1 N–H and O–H groups in total. The van der Waals surface area contributed by atoms with E-state index in [1.807, 2.05) is 13.0 Å². The second kappa shape index (κ2) is 17.4. The lowest BCUT2D eigenvalue weighted by Crippen LogP contribution is -2.31. The minimum atomic E-state index is -0.00292. The first-order valence-corrected chi connectivity index (χ1v) is 11.5. The molecule has 30 heavy (non-hydrogen) atoms. The molecule has 2 atom stereocenters. The number of hydrogen-bond donors (Lipinski definition) is 1. The van der Waals surface area contributed by atoms with E-state index in [0.717, 1.165) is 63.6 Å². The van der Waals surface area contributed by atoms with Gasteiger partial charge in [-0.15, -0.1) is 0 Å². The van der Waals surface area contributed by atoms with Crippen molar-refractivity contribution in [2.75, 3.05) is 19.8 Å². The zero-order valence-electron chi connectivity index (χ0n) is 19.2. The molecule has 5 heteroatoms. The zero-order valence-corrected chi connectivity index (χ0v) is 19.2. The first kappa shape index (κ1) is 26.8. The molecule has 0 aliphatic carbocycles. The normalized spacial score (nSPS) is 22.7. The highest BCUT2D eigenvalue weighted by Crippen LogP contribution is 2.20. The molecule has 2 fully saturated rings. The first-order chi connectivity index (χ1) is 14.5. The molecule has 0 saturated carbocycles. The fourth-order valence-corrected chi connectivity index (χ4v) is 3.29. The Morgan fingerprint density at radius 1 is 0.900 bits per heavy atom. The highest BCUT2D eigenvalue weighted by molar-refractivity contribution is 5.73. The van der Waals surface area contributed by atoms with Crippen LogP contribution in [0.4, 0.5) is 0 Å². The molecule has 2 rings (SSSR count). The number of carbonyl (C=O) groups excluding carboxylic acids is 1. The lowest BCUT2D eigenvalue weighted by Gasteiger charge is -2.29. The maximum atomic E-state index is 10.8. The van der Waals surface area contributed by atoms with Crippen LogP contribution in [0.25, 0.3) is 0 Å². The van der Waals surface area contributed by atoms with Gasteiger partial charge in [-0.2, -0.15) is 0 Å². The molecule has 0 bridgehead atoms. The summed E-state index contributed by atoms with van der Waals surface area (Å²) >= 11 is 0. The van der Waals surface area contributed by atoms with Crippen molar-refractivity contribution < 1.29 is 24.1 Å². The van der Waals surface area contributed by atoms with Crippen LogP contribution in [0.3, 0.4) is 0 Å². The van der Waals surface area contributed by atoms with E-state index in [9.17, 15) is 4.79 Å². The SMILES string of the molecule is C1CCC(OC2CCCCO2)OC1.CC(C)=CCCC(C=O)=CCCC(C)=CCO. The average molecular weight is 423 g/mol. The Labute approximate surface area is 183 Å². The molecule has 0 spiro atoms. The van der Waals surface area contributed by atoms with Crippen LogP contribution in [0.15, 0.2) is 34.9 Å². The summed E-state index contributed by atoms with van der Waals surface area (Å²) in [6, 6.07) is 0. The molecule has 2 aliphatic heterocycles. The summed E-state index contributed by atoms with van der Waals surface area (Å²) in [6.45, 7) is 7.90. The number of aldehydes is 1. The lowest BCUT2D eigenvalue weighted by atomic mass is 10.1. The molecular formula is C25H42O5. The molecule has 0 aromatic rings. The fraction of sp³-hybridized carbons (Fsp3) is 0.720. The van der Waals surface area contributed by atoms with E-state index in [1.165, 1.54) is 36.8 Å². The van der Waals surface area contributed by atoms with Gasteiger partial charge in [-0.1, -0.05) is 29.4 Å². The largest absolute Gasteiger partial charge is 0.392 e. The number of allylic oxidation sites excluding steroid dienone is 5. The minimum Gasteiger partial charge on any atom is -0.392 e. The summed E-state index contributed by atoms with van der Waals surface area (Å²) in [4.78, 5) is 10.8. The van der Waals surface area contributed by atoms with Gasteiger partial charge in [0, 0.05) is 13.2 Å². The van der Waals surface area contributed by atoms with Crippen molar-refractivity contribution in [2.24, 2.45) is 0 Å². The predicted molar refractivity (Wildman–Crippen MR) is 121 cm³/mol. The first-order valence-electron chi connectivity index (χ1n) is 11.5. The monoisotopic (exact) mass is 422 g/mol. The van der Waals surface area contributed by atoms with Gasteiger partial charge in [0.2, 0.25) is 0 Å². The molecule has 2 aliphatic rings. The summed E-state index contributed by atoms with van der Waals surface area (Å²) in [6.07, 6.45) is 17.2. The van der Waals surface area contributed by atoms with Crippen LogP contribution in [0, 0.1) is 0 Å². The molecule has 2 heterocycles. The van der Waals surface area contributed by atoms with Gasteiger partial charge in [-0.3, -0.25) is 4.79 Å². The summed E-state index contributed by atoms with van der Waals surface area (Å²) in [5.74, 6) is 0. The van der Waals surface area contributed by atoms with Gasteiger partial charge in [-0.25, -0.2) is 0 Å². The molecule has 0 aromatic heterocycles. The second-order valence-corrected chi connectivity index (χ2v) is 8.22. The van der Waals surface area contributed by atoms with Gasteiger partial charge in [-0.05, 0) is 90.6 Å². The van der Waals surface area contributed by atoms with E-state index < -0.39 is 0 Å². The smallest absolute Gasteiger partial charge is 0.160 e. The minimum absolute atomic E-state index is 0.00292. The van der Waals surface area contributed by atoms with Crippen molar-refractivity contribution in [1.82, 2.24) is 0 Å². The molecule has 0 radical (unpaired) electrons. The number of ether oxygens (including phenoxy) is 3. The molecule has 2 unspecified atom stereocenters. The van der Waals surface area contributed by atoms with Crippen molar-refractivity contribution >= 4 is 6.29 Å². The molecule has 2 saturated heterocycles. The van der Waals surface area contributed by atoms with Crippen LogP contribution >= 0.6 is 0 Å². The summed E-state index contributed by atoms with van der Waals surface area (Å²) in [5, 5.41) is 8.71. The standard InChI is InChI=1S/C15H24O2.C10H18O3/c1-13(2)6-4-8-15(12-17)9-5-7-14(3)10-11-16;1-3-7-11-9(5-1)13-10-6-2-4-8-12-10/h6,9-10,12,16H,4-5,7-8,11H2,1-3H3;9-10H,1-8H2. The van der Waals surface area contributed by atoms with Gasteiger partial charge in [0.25, 0.3) is 0 Å². The van der Waals surface area contributed by atoms with Crippen LogP contribution in [0.1, 0.15) is 85.0 Å². The van der Waals surface area contributed by atoms with Gasteiger partial charge < -0.3 is 19.3 Å². The van der Waals surface area contributed by atoms with E-state index in [0.29, 0.717) is 0 Å². The van der Waals surface area contributed by atoms with Gasteiger partial charge in [0.05, 0.1) is 6.61 Å². The van der Waals surface area contributed by atoms with Crippen molar-refractivity contribution in [3.05, 3.63) is 34.9 Å². The van der Waals surface area contributed by atoms with E-state index >= 15 is 0 Å².